The van der Waals surface area contributed by atoms with E-state index in [0.717, 1.165) is 0 Å². The Morgan fingerprint density at radius 3 is 2.81 bits per heavy atom. The van der Waals surface area contributed by atoms with E-state index >= 15 is 0 Å². The van der Waals surface area contributed by atoms with E-state index in [1.807, 2.05) is 5.43 Å². The van der Waals surface area contributed by atoms with E-state index < -0.39 is 5.91 Å². The molecule has 6 nitrogen and oxygen atoms in total. The zero-order valence-corrected chi connectivity index (χ0v) is 8.60. The molecule has 0 aliphatic rings. The van der Waals surface area contributed by atoms with E-state index in [1.54, 1.807) is 24.3 Å². The van der Waals surface area contributed by atoms with Gasteiger partial charge in [-0.2, -0.15) is 0 Å². The molecule has 1 aromatic carbocycles. The van der Waals surface area contributed by atoms with Gasteiger partial charge < -0.3 is 0 Å². The first kappa shape index (κ1) is 10.3. The van der Waals surface area contributed by atoms with Gasteiger partial charge in [0, 0.05) is 7.05 Å². The highest BCUT2D eigenvalue weighted by atomic mass is 16.2. The van der Waals surface area contributed by atoms with Gasteiger partial charge in [-0.1, -0.05) is 12.1 Å². The van der Waals surface area contributed by atoms with Gasteiger partial charge >= 0.3 is 5.91 Å². The fourth-order valence-corrected chi connectivity index (χ4v) is 1.49. The maximum Gasteiger partial charge on any atom is 0.301 e. The fraction of sp³-hybridized carbons (Fsp3) is 0.100. The lowest BCUT2D eigenvalue weighted by atomic mass is 10.2. The molecule has 2 aromatic rings. The van der Waals surface area contributed by atoms with Gasteiger partial charge in [-0.05, 0) is 12.1 Å². The number of hydrogen-bond acceptors (Lipinski definition) is 4. The monoisotopic (exact) mass is 218 g/mol. The van der Waals surface area contributed by atoms with Crippen molar-refractivity contribution in [3.8, 4) is 0 Å². The van der Waals surface area contributed by atoms with Gasteiger partial charge in [0.1, 0.15) is 0 Å². The lowest BCUT2D eigenvalue weighted by Gasteiger charge is -2.06. The summed E-state index contributed by atoms with van der Waals surface area (Å²) < 4.78 is 1.17. The molecule has 1 aromatic heterocycles. The molecule has 3 N–H and O–H groups in total. The Bertz CT molecular complexity index is 618. The summed E-state index contributed by atoms with van der Waals surface area (Å²) in [6, 6.07) is 6.83. The maximum atomic E-state index is 11.9. The first-order valence-electron chi connectivity index (χ1n) is 4.62. The van der Waals surface area contributed by atoms with Crippen LogP contribution in [0.5, 0.6) is 0 Å². The molecule has 0 fully saturated rings. The standard InChI is InChI=1S/C10H10N4O2/c1-14-8(9(15)13-11)12-7-5-3-2-4-6(7)10(14)16/h2-5H,11H2,1H3,(H,13,15). The highest BCUT2D eigenvalue weighted by Crippen LogP contribution is 2.06. The molecule has 0 unspecified atom stereocenters. The topological polar surface area (TPSA) is 90.0 Å². The smallest absolute Gasteiger partial charge is 0.291 e. The summed E-state index contributed by atoms with van der Waals surface area (Å²) in [5.74, 6) is 4.41. The zero-order chi connectivity index (χ0) is 11.7. The quantitative estimate of drug-likeness (QED) is 0.385. The molecule has 0 atom stereocenters. The van der Waals surface area contributed by atoms with E-state index in [-0.39, 0.29) is 11.4 Å². The number of fused-ring (bicyclic) bond motifs is 1. The van der Waals surface area contributed by atoms with E-state index in [0.29, 0.717) is 10.9 Å². The second-order valence-electron chi connectivity index (χ2n) is 3.29. The summed E-state index contributed by atoms with van der Waals surface area (Å²) in [5, 5.41) is 0.471. The summed E-state index contributed by atoms with van der Waals surface area (Å²) in [5.41, 5.74) is 2.16. The number of amides is 1. The molecular weight excluding hydrogens is 208 g/mol. The van der Waals surface area contributed by atoms with Crippen molar-refractivity contribution in [2.75, 3.05) is 0 Å². The third-order valence-electron chi connectivity index (χ3n) is 2.32. The molecule has 0 saturated carbocycles. The van der Waals surface area contributed by atoms with Gasteiger partial charge in [-0.3, -0.25) is 19.6 Å². The van der Waals surface area contributed by atoms with Crippen LogP contribution in [0.15, 0.2) is 29.1 Å². The summed E-state index contributed by atoms with van der Waals surface area (Å²) in [6.45, 7) is 0. The number of aromatic nitrogens is 2. The van der Waals surface area contributed by atoms with E-state index in [1.165, 1.54) is 11.6 Å². The highest BCUT2D eigenvalue weighted by Gasteiger charge is 2.13. The van der Waals surface area contributed by atoms with E-state index in [2.05, 4.69) is 4.98 Å². The van der Waals surface area contributed by atoms with Crippen LogP contribution in [-0.4, -0.2) is 15.5 Å². The minimum absolute atomic E-state index is 0.00815. The van der Waals surface area contributed by atoms with E-state index in [9.17, 15) is 9.59 Å². The van der Waals surface area contributed by atoms with Crippen molar-refractivity contribution in [1.82, 2.24) is 15.0 Å². The van der Waals surface area contributed by atoms with Gasteiger partial charge in [0.2, 0.25) is 5.82 Å². The van der Waals surface area contributed by atoms with Gasteiger partial charge in [0.25, 0.3) is 5.56 Å². The first-order valence-corrected chi connectivity index (χ1v) is 4.62. The summed E-state index contributed by atoms with van der Waals surface area (Å²) in [4.78, 5) is 27.3. The van der Waals surface area contributed by atoms with Crippen molar-refractivity contribution in [3.63, 3.8) is 0 Å². The molecular formula is C10H10N4O2. The molecule has 0 aliphatic heterocycles. The highest BCUT2D eigenvalue weighted by molar-refractivity contribution is 5.92. The fourth-order valence-electron chi connectivity index (χ4n) is 1.49. The Morgan fingerprint density at radius 2 is 2.12 bits per heavy atom. The third kappa shape index (κ3) is 1.45. The van der Waals surface area contributed by atoms with Gasteiger partial charge in [-0.25, -0.2) is 10.8 Å². The van der Waals surface area contributed by atoms with Crippen LogP contribution >= 0.6 is 0 Å². The van der Waals surface area contributed by atoms with E-state index in [4.69, 9.17) is 5.84 Å². The Morgan fingerprint density at radius 1 is 1.44 bits per heavy atom. The van der Waals surface area contributed by atoms with Gasteiger partial charge in [0.15, 0.2) is 0 Å². The first-order chi connectivity index (χ1) is 7.65. The number of nitrogen functional groups attached to an aromatic ring is 1. The number of para-hydroxylation sites is 1. The zero-order valence-electron chi connectivity index (χ0n) is 8.60. The molecule has 82 valence electrons. The second-order valence-corrected chi connectivity index (χ2v) is 3.29. The van der Waals surface area contributed by atoms with Crippen LogP contribution in [0.1, 0.15) is 10.6 Å². The van der Waals surface area contributed by atoms with Crippen LogP contribution in [0.3, 0.4) is 0 Å². The van der Waals surface area contributed by atoms with Crippen molar-refractivity contribution in [2.24, 2.45) is 12.9 Å². The normalized spacial score (nSPS) is 10.4. The summed E-state index contributed by atoms with van der Waals surface area (Å²) >= 11 is 0. The average Bonchev–Trinajstić information content (AvgIpc) is 2.33. The van der Waals surface area contributed by atoms with Crippen molar-refractivity contribution in [1.29, 1.82) is 0 Å². The number of benzene rings is 1. The Hall–Kier alpha value is -2.21. The largest absolute Gasteiger partial charge is 0.301 e. The maximum absolute atomic E-state index is 11.9. The van der Waals surface area contributed by atoms with Crippen molar-refractivity contribution in [3.05, 3.63) is 40.4 Å². The minimum atomic E-state index is -0.592. The predicted molar refractivity (Wildman–Crippen MR) is 58.6 cm³/mol. The molecule has 16 heavy (non-hydrogen) atoms. The van der Waals surface area contributed by atoms with Crippen molar-refractivity contribution in [2.45, 2.75) is 0 Å². The molecule has 0 bridgehead atoms. The van der Waals surface area contributed by atoms with Crippen LogP contribution in [0.25, 0.3) is 10.9 Å². The van der Waals surface area contributed by atoms with Crippen molar-refractivity contribution < 1.29 is 4.79 Å². The molecule has 1 heterocycles. The number of nitrogens with one attached hydrogen (secondary N) is 1. The van der Waals surface area contributed by atoms with Crippen LogP contribution in [0.2, 0.25) is 0 Å². The average molecular weight is 218 g/mol. The summed E-state index contributed by atoms with van der Waals surface area (Å²) in [6.07, 6.45) is 0. The van der Waals surface area contributed by atoms with Crippen LogP contribution in [-0.2, 0) is 7.05 Å². The number of carbonyl (C=O) groups excluding carboxylic acids is 1. The second kappa shape index (κ2) is 3.74. The SMILES string of the molecule is Cn1c(C(=O)NN)nc2ccccc2c1=O. The molecule has 6 heteroatoms. The third-order valence-corrected chi connectivity index (χ3v) is 2.32. The van der Waals surface area contributed by atoms with Gasteiger partial charge in [0.05, 0.1) is 10.9 Å². The predicted octanol–water partition coefficient (Wildman–Crippen LogP) is -0.463. The molecule has 0 radical (unpaired) electrons. The van der Waals surface area contributed by atoms with Gasteiger partial charge in [-0.15, -0.1) is 0 Å². The Kier molecular flexibility index (Phi) is 2.41. The number of hydrazine groups is 1. The number of nitrogens with two attached hydrogens (primary N) is 1. The molecule has 0 saturated heterocycles. The van der Waals surface area contributed by atoms with Crippen molar-refractivity contribution >= 4 is 16.8 Å². The number of nitrogens with zero attached hydrogens (tertiary/aromatic N) is 2. The molecule has 2 rings (SSSR count). The van der Waals surface area contributed by atoms with Crippen LogP contribution in [0.4, 0.5) is 0 Å². The number of rotatable bonds is 1. The lowest BCUT2D eigenvalue weighted by Crippen LogP contribution is -2.36. The summed E-state index contributed by atoms with van der Waals surface area (Å²) in [7, 11) is 1.48. The molecule has 1 amide bonds. The molecule has 0 spiro atoms. The minimum Gasteiger partial charge on any atom is -0.291 e. The van der Waals surface area contributed by atoms with Crippen LogP contribution < -0.4 is 16.8 Å². The Balaban J connectivity index is 2.84. The number of carbonyl (C=O) groups is 1. The van der Waals surface area contributed by atoms with Crippen LogP contribution in [0, 0.1) is 0 Å². The number of hydrogen-bond donors (Lipinski definition) is 2. The molecule has 0 aliphatic carbocycles. The Labute approximate surface area is 90.7 Å². The lowest BCUT2D eigenvalue weighted by molar-refractivity contribution is 0.0939.